The lowest BCUT2D eigenvalue weighted by Gasteiger charge is -2.32. The number of fused-ring (bicyclic) bond motifs is 1. The first kappa shape index (κ1) is 21.3. The minimum absolute atomic E-state index is 0.0476. The molecule has 1 fully saturated rings. The Morgan fingerprint density at radius 3 is 2.55 bits per heavy atom. The largest absolute Gasteiger partial charge is 0.370 e. The average Bonchev–Trinajstić information content (AvgIpc) is 3.24. The summed E-state index contributed by atoms with van der Waals surface area (Å²) < 4.78 is 50.0. The third-order valence-electron chi connectivity index (χ3n) is 5.67. The van der Waals surface area contributed by atoms with E-state index in [1.165, 1.54) is 0 Å². The molecule has 0 spiro atoms. The zero-order valence-electron chi connectivity index (χ0n) is 18.2. The van der Waals surface area contributed by atoms with E-state index in [1.54, 1.807) is 24.7 Å². The first-order valence-electron chi connectivity index (χ1n) is 10.3. The number of morpholine rings is 1. The van der Waals surface area contributed by atoms with Crippen molar-refractivity contribution in [2.45, 2.75) is 20.0 Å². The second-order valence-electron chi connectivity index (χ2n) is 7.91. The number of aromatic nitrogens is 6. The van der Waals surface area contributed by atoms with Gasteiger partial charge in [0.15, 0.2) is 23.1 Å². The van der Waals surface area contributed by atoms with Crippen LogP contribution in [0.25, 0.3) is 22.4 Å². The van der Waals surface area contributed by atoms with Gasteiger partial charge in [-0.05, 0) is 26.0 Å². The van der Waals surface area contributed by atoms with Crippen LogP contribution >= 0.6 is 0 Å². The van der Waals surface area contributed by atoms with Crippen LogP contribution in [0.5, 0.6) is 0 Å². The molecule has 5 rings (SSSR count). The highest BCUT2D eigenvalue weighted by Crippen LogP contribution is 2.32. The van der Waals surface area contributed by atoms with E-state index in [9.17, 15) is 13.2 Å². The third kappa shape index (κ3) is 3.78. The van der Waals surface area contributed by atoms with Crippen molar-refractivity contribution < 1.29 is 17.9 Å². The summed E-state index contributed by atoms with van der Waals surface area (Å²) in [7, 11) is 1.82. The second-order valence-corrected chi connectivity index (χ2v) is 7.91. The van der Waals surface area contributed by atoms with Crippen molar-refractivity contribution in [1.29, 1.82) is 0 Å². The van der Waals surface area contributed by atoms with Crippen LogP contribution in [0.1, 0.15) is 23.1 Å². The molecule has 0 unspecified atom stereocenters. The number of ether oxygens (including phenoxy) is 1. The Kier molecular flexibility index (Phi) is 5.20. The van der Waals surface area contributed by atoms with Crippen LogP contribution in [0.3, 0.4) is 0 Å². The SMILES string of the molecule is Cc1nc2nc(N3CCO[C@H](c4cnn(C)c4)C3)nc(-c3ccc(F)c(F)c3F)c2nc1C. The molecule has 0 N–H and O–H groups in total. The summed E-state index contributed by atoms with van der Waals surface area (Å²) in [4.78, 5) is 20.0. The normalized spacial score (nSPS) is 16.5. The molecule has 0 bridgehead atoms. The van der Waals surface area contributed by atoms with Gasteiger partial charge in [-0.1, -0.05) is 0 Å². The Bertz CT molecular complexity index is 1370. The lowest BCUT2D eigenvalue weighted by molar-refractivity contribution is 0.0392. The third-order valence-corrected chi connectivity index (χ3v) is 5.67. The van der Waals surface area contributed by atoms with Crippen LogP contribution in [-0.2, 0) is 11.8 Å². The summed E-state index contributed by atoms with van der Waals surface area (Å²) in [6, 6.07) is 2.01. The number of benzene rings is 1. The van der Waals surface area contributed by atoms with Gasteiger partial charge in [0.25, 0.3) is 0 Å². The van der Waals surface area contributed by atoms with Crippen LogP contribution in [-0.4, -0.2) is 49.4 Å². The van der Waals surface area contributed by atoms with E-state index >= 15 is 0 Å². The summed E-state index contributed by atoms with van der Waals surface area (Å²) in [6.45, 7) is 4.86. The molecule has 1 atom stereocenters. The summed E-state index contributed by atoms with van der Waals surface area (Å²) in [6.07, 6.45) is 3.34. The van der Waals surface area contributed by atoms with E-state index < -0.39 is 17.5 Å². The fraction of sp³-hybridized carbons (Fsp3) is 0.318. The van der Waals surface area contributed by atoms with Gasteiger partial charge in [0, 0.05) is 30.9 Å². The predicted octanol–water partition coefficient (Wildman–Crippen LogP) is 3.43. The number of nitrogens with zero attached hydrogens (tertiary/aromatic N) is 7. The highest BCUT2D eigenvalue weighted by atomic mass is 19.2. The summed E-state index contributed by atoms with van der Waals surface area (Å²) >= 11 is 0. The van der Waals surface area contributed by atoms with Gasteiger partial charge in [0.1, 0.15) is 17.3 Å². The number of anilines is 1. The molecule has 1 saturated heterocycles. The van der Waals surface area contributed by atoms with Crippen LogP contribution in [0.15, 0.2) is 24.5 Å². The van der Waals surface area contributed by atoms with Crippen molar-refractivity contribution >= 4 is 17.1 Å². The molecule has 4 aromatic rings. The van der Waals surface area contributed by atoms with Crippen molar-refractivity contribution in [1.82, 2.24) is 29.7 Å². The number of aryl methyl sites for hydroxylation is 3. The number of hydrogen-bond donors (Lipinski definition) is 0. The second kappa shape index (κ2) is 8.07. The molecule has 0 radical (unpaired) electrons. The van der Waals surface area contributed by atoms with Crippen LogP contribution in [0, 0.1) is 31.3 Å². The topological polar surface area (TPSA) is 81.9 Å². The van der Waals surface area contributed by atoms with Gasteiger partial charge in [-0.2, -0.15) is 10.1 Å². The van der Waals surface area contributed by atoms with E-state index in [0.717, 1.165) is 17.7 Å². The first-order chi connectivity index (χ1) is 15.8. The standard InChI is InChI=1S/C22H20F3N7O/c1-11-12(2)28-21-20(27-11)19(14-4-5-15(23)18(25)17(14)24)29-22(30-21)32-6-7-33-16(10-32)13-8-26-31(3)9-13/h4-5,8-9,16H,6-7,10H2,1-3H3/t16-/m0/s1. The fourth-order valence-corrected chi connectivity index (χ4v) is 3.78. The van der Waals surface area contributed by atoms with Crippen molar-refractivity contribution in [3.05, 3.63) is 58.9 Å². The van der Waals surface area contributed by atoms with E-state index in [0.29, 0.717) is 31.1 Å². The molecule has 1 aliphatic heterocycles. The Morgan fingerprint density at radius 2 is 1.79 bits per heavy atom. The summed E-state index contributed by atoms with van der Waals surface area (Å²) in [5.41, 5.74) is 2.45. The van der Waals surface area contributed by atoms with Gasteiger partial charge < -0.3 is 9.64 Å². The molecule has 0 amide bonds. The quantitative estimate of drug-likeness (QED) is 0.438. The molecule has 11 heteroatoms. The Morgan fingerprint density at radius 1 is 1.00 bits per heavy atom. The van der Waals surface area contributed by atoms with Gasteiger partial charge >= 0.3 is 0 Å². The van der Waals surface area contributed by atoms with E-state index in [2.05, 4.69) is 25.0 Å². The maximum atomic E-state index is 14.7. The van der Waals surface area contributed by atoms with Gasteiger partial charge in [-0.25, -0.2) is 28.1 Å². The molecule has 8 nitrogen and oxygen atoms in total. The molecule has 170 valence electrons. The van der Waals surface area contributed by atoms with E-state index in [4.69, 9.17) is 4.74 Å². The van der Waals surface area contributed by atoms with Gasteiger partial charge in [-0.3, -0.25) is 4.68 Å². The molecule has 1 aromatic carbocycles. The zero-order valence-corrected chi connectivity index (χ0v) is 18.2. The highest BCUT2D eigenvalue weighted by molar-refractivity contribution is 5.88. The maximum Gasteiger partial charge on any atom is 0.228 e. The van der Waals surface area contributed by atoms with Crippen molar-refractivity contribution in [3.8, 4) is 11.3 Å². The number of halogens is 3. The first-order valence-corrected chi connectivity index (χ1v) is 10.3. The van der Waals surface area contributed by atoms with Crippen molar-refractivity contribution in [2.24, 2.45) is 7.05 Å². The Hall–Kier alpha value is -3.60. The Balaban J connectivity index is 1.64. The van der Waals surface area contributed by atoms with Crippen molar-refractivity contribution in [3.63, 3.8) is 0 Å². The summed E-state index contributed by atoms with van der Waals surface area (Å²) in [5.74, 6) is -3.91. The minimum atomic E-state index is -1.57. The lowest BCUT2D eigenvalue weighted by atomic mass is 10.1. The molecule has 4 heterocycles. The van der Waals surface area contributed by atoms with Gasteiger partial charge in [0.05, 0.1) is 30.7 Å². The zero-order chi connectivity index (χ0) is 23.3. The van der Waals surface area contributed by atoms with Crippen molar-refractivity contribution in [2.75, 3.05) is 24.6 Å². The molecule has 0 aliphatic carbocycles. The van der Waals surface area contributed by atoms with E-state index in [1.807, 2.05) is 18.1 Å². The molecule has 3 aromatic heterocycles. The average molecular weight is 455 g/mol. The molecular formula is C22H20F3N7O. The molecule has 33 heavy (non-hydrogen) atoms. The smallest absolute Gasteiger partial charge is 0.228 e. The van der Waals surface area contributed by atoms with Crippen LogP contribution in [0.4, 0.5) is 19.1 Å². The van der Waals surface area contributed by atoms with E-state index in [-0.39, 0.29) is 34.5 Å². The van der Waals surface area contributed by atoms with Gasteiger partial charge in [0.2, 0.25) is 5.95 Å². The fourth-order valence-electron chi connectivity index (χ4n) is 3.78. The summed E-state index contributed by atoms with van der Waals surface area (Å²) in [5, 5.41) is 4.19. The Labute approximate surface area is 187 Å². The predicted molar refractivity (Wildman–Crippen MR) is 114 cm³/mol. The molecular weight excluding hydrogens is 435 g/mol. The minimum Gasteiger partial charge on any atom is -0.370 e. The number of rotatable bonds is 3. The maximum absolute atomic E-state index is 14.7. The monoisotopic (exact) mass is 455 g/mol. The lowest BCUT2D eigenvalue weighted by Crippen LogP contribution is -2.39. The number of hydrogen-bond acceptors (Lipinski definition) is 7. The van der Waals surface area contributed by atoms with Crippen LogP contribution < -0.4 is 4.90 Å². The molecule has 0 saturated carbocycles. The molecule has 1 aliphatic rings. The van der Waals surface area contributed by atoms with Crippen LogP contribution in [0.2, 0.25) is 0 Å². The van der Waals surface area contributed by atoms with Gasteiger partial charge in [-0.15, -0.1) is 0 Å². The highest BCUT2D eigenvalue weighted by Gasteiger charge is 2.27.